The van der Waals surface area contributed by atoms with Crippen molar-refractivity contribution < 1.29 is 9.53 Å². The molecule has 3 aromatic rings. The van der Waals surface area contributed by atoms with E-state index in [0.29, 0.717) is 23.6 Å². The molecule has 5 nitrogen and oxygen atoms in total. The second-order valence-corrected chi connectivity index (χ2v) is 5.23. The fourth-order valence-electron chi connectivity index (χ4n) is 2.48. The molecule has 2 N–H and O–H groups in total. The molecule has 120 valence electrons. The van der Waals surface area contributed by atoms with Gasteiger partial charge in [0.25, 0.3) is 0 Å². The summed E-state index contributed by atoms with van der Waals surface area (Å²) in [6, 6.07) is 16.7. The van der Waals surface area contributed by atoms with Crippen LogP contribution in [0.1, 0.15) is 22.8 Å². The summed E-state index contributed by atoms with van der Waals surface area (Å²) in [5, 5.41) is 0. The van der Waals surface area contributed by atoms with E-state index in [-0.39, 0.29) is 5.95 Å². The van der Waals surface area contributed by atoms with Crippen molar-refractivity contribution in [2.45, 2.75) is 13.3 Å². The number of benzene rings is 2. The molecule has 0 fully saturated rings. The summed E-state index contributed by atoms with van der Waals surface area (Å²) < 4.78 is 5.90. The van der Waals surface area contributed by atoms with Crippen molar-refractivity contribution in [2.75, 3.05) is 5.73 Å². The number of nitrogens with two attached hydrogens (primary N) is 1. The summed E-state index contributed by atoms with van der Waals surface area (Å²) in [5.41, 5.74) is 8.99. The molecule has 0 saturated carbocycles. The van der Waals surface area contributed by atoms with Crippen LogP contribution in [0.2, 0.25) is 0 Å². The third-order valence-corrected chi connectivity index (χ3v) is 3.60. The quantitative estimate of drug-likeness (QED) is 0.722. The molecule has 0 aliphatic heterocycles. The van der Waals surface area contributed by atoms with Crippen molar-refractivity contribution >= 4 is 12.2 Å². The lowest BCUT2D eigenvalue weighted by molar-refractivity contribution is 0.112. The Hall–Kier alpha value is -3.21. The maximum atomic E-state index is 10.9. The zero-order valence-electron chi connectivity index (χ0n) is 13.3. The van der Waals surface area contributed by atoms with Gasteiger partial charge in [-0.1, -0.05) is 49.4 Å². The van der Waals surface area contributed by atoms with Gasteiger partial charge in [0.2, 0.25) is 11.8 Å². The lowest BCUT2D eigenvalue weighted by Crippen LogP contribution is -2.04. The number of ether oxygens (including phenoxy) is 1. The standard InChI is InChI=1S/C19H17N3O2/c1-2-16-17(14-8-4-3-5-9-14)21-19(20)22-18(16)24-15-10-6-7-13(11-15)12-23/h3-12H,2H2,1H3,(H2,20,21,22). The van der Waals surface area contributed by atoms with Gasteiger partial charge >= 0.3 is 0 Å². The number of anilines is 1. The minimum Gasteiger partial charge on any atom is -0.439 e. The third-order valence-electron chi connectivity index (χ3n) is 3.60. The fourth-order valence-corrected chi connectivity index (χ4v) is 2.48. The van der Waals surface area contributed by atoms with E-state index in [1.165, 1.54) is 0 Å². The number of hydrogen-bond donors (Lipinski definition) is 1. The van der Waals surface area contributed by atoms with Crippen molar-refractivity contribution in [1.29, 1.82) is 0 Å². The van der Waals surface area contributed by atoms with E-state index in [2.05, 4.69) is 9.97 Å². The highest BCUT2D eigenvalue weighted by Gasteiger charge is 2.15. The number of hydrogen-bond acceptors (Lipinski definition) is 5. The summed E-state index contributed by atoms with van der Waals surface area (Å²) in [6.07, 6.45) is 1.46. The molecule has 2 aromatic carbocycles. The highest BCUT2D eigenvalue weighted by Crippen LogP contribution is 2.32. The first-order valence-electron chi connectivity index (χ1n) is 7.66. The molecular weight excluding hydrogens is 302 g/mol. The van der Waals surface area contributed by atoms with Gasteiger partial charge in [0.15, 0.2) is 0 Å². The Balaban J connectivity index is 2.07. The topological polar surface area (TPSA) is 78.1 Å². The zero-order chi connectivity index (χ0) is 16.9. The van der Waals surface area contributed by atoms with Crippen molar-refractivity contribution in [3.63, 3.8) is 0 Å². The first-order valence-corrected chi connectivity index (χ1v) is 7.66. The van der Waals surface area contributed by atoms with E-state index in [1.807, 2.05) is 37.3 Å². The van der Waals surface area contributed by atoms with E-state index < -0.39 is 0 Å². The second kappa shape index (κ2) is 6.91. The third kappa shape index (κ3) is 3.25. The molecule has 0 aliphatic rings. The van der Waals surface area contributed by atoms with Gasteiger partial charge in [0.1, 0.15) is 12.0 Å². The molecule has 0 aliphatic carbocycles. The molecule has 0 saturated heterocycles. The van der Waals surface area contributed by atoms with Crippen LogP contribution in [0.3, 0.4) is 0 Å². The molecule has 0 atom stereocenters. The van der Waals surface area contributed by atoms with Gasteiger partial charge in [-0.3, -0.25) is 4.79 Å². The first kappa shape index (κ1) is 15.7. The zero-order valence-corrected chi connectivity index (χ0v) is 13.3. The maximum absolute atomic E-state index is 10.9. The van der Waals surface area contributed by atoms with E-state index in [9.17, 15) is 4.79 Å². The Kier molecular flexibility index (Phi) is 4.52. The molecule has 0 spiro atoms. The molecule has 3 rings (SSSR count). The van der Waals surface area contributed by atoms with E-state index in [4.69, 9.17) is 10.5 Å². The van der Waals surface area contributed by atoms with Gasteiger partial charge < -0.3 is 10.5 Å². The Labute approximate surface area is 140 Å². The van der Waals surface area contributed by atoms with Gasteiger partial charge in [0.05, 0.1) is 5.69 Å². The normalized spacial score (nSPS) is 10.4. The minimum atomic E-state index is 0.146. The Morgan fingerprint density at radius 3 is 2.58 bits per heavy atom. The lowest BCUT2D eigenvalue weighted by Gasteiger charge is -2.14. The van der Waals surface area contributed by atoms with Gasteiger partial charge in [-0.2, -0.15) is 4.98 Å². The monoisotopic (exact) mass is 319 g/mol. The molecule has 0 bridgehead atoms. The van der Waals surface area contributed by atoms with E-state index in [1.54, 1.807) is 24.3 Å². The van der Waals surface area contributed by atoms with Gasteiger partial charge in [-0.05, 0) is 18.6 Å². The minimum absolute atomic E-state index is 0.146. The van der Waals surface area contributed by atoms with Crippen LogP contribution in [0.4, 0.5) is 5.95 Å². The van der Waals surface area contributed by atoms with Crippen LogP contribution in [0, 0.1) is 0 Å². The van der Waals surface area contributed by atoms with Crippen molar-refractivity contribution in [2.24, 2.45) is 0 Å². The van der Waals surface area contributed by atoms with Crippen LogP contribution >= 0.6 is 0 Å². The first-order chi connectivity index (χ1) is 11.7. The van der Waals surface area contributed by atoms with E-state index >= 15 is 0 Å². The number of carbonyl (C=O) groups excluding carboxylic acids is 1. The Morgan fingerprint density at radius 2 is 1.88 bits per heavy atom. The Bertz CT molecular complexity index is 864. The van der Waals surface area contributed by atoms with Gasteiger partial charge in [-0.25, -0.2) is 4.98 Å². The maximum Gasteiger partial charge on any atom is 0.227 e. The summed E-state index contributed by atoms with van der Waals surface area (Å²) >= 11 is 0. The van der Waals surface area contributed by atoms with Crippen molar-refractivity contribution in [3.05, 3.63) is 65.7 Å². The largest absolute Gasteiger partial charge is 0.439 e. The van der Waals surface area contributed by atoms with Crippen LogP contribution in [-0.2, 0) is 6.42 Å². The number of nitrogens with zero attached hydrogens (tertiary/aromatic N) is 2. The summed E-state index contributed by atoms with van der Waals surface area (Å²) in [4.78, 5) is 19.5. The summed E-state index contributed by atoms with van der Waals surface area (Å²) in [7, 11) is 0. The number of carbonyl (C=O) groups is 1. The number of aldehydes is 1. The highest BCUT2D eigenvalue weighted by molar-refractivity contribution is 5.75. The van der Waals surface area contributed by atoms with Crippen LogP contribution in [0.15, 0.2) is 54.6 Å². The summed E-state index contributed by atoms with van der Waals surface area (Å²) in [5.74, 6) is 1.09. The molecular formula is C19H17N3O2. The molecule has 24 heavy (non-hydrogen) atoms. The van der Waals surface area contributed by atoms with Crippen LogP contribution in [0.25, 0.3) is 11.3 Å². The molecule has 0 radical (unpaired) electrons. The smallest absolute Gasteiger partial charge is 0.227 e. The average molecular weight is 319 g/mol. The van der Waals surface area contributed by atoms with Crippen molar-refractivity contribution in [1.82, 2.24) is 9.97 Å². The predicted octanol–water partition coefficient (Wildman–Crippen LogP) is 3.89. The van der Waals surface area contributed by atoms with Gasteiger partial charge in [-0.15, -0.1) is 0 Å². The van der Waals surface area contributed by atoms with Gasteiger partial charge in [0, 0.05) is 16.7 Å². The summed E-state index contributed by atoms with van der Waals surface area (Å²) in [6.45, 7) is 2.01. The highest BCUT2D eigenvalue weighted by atomic mass is 16.5. The SMILES string of the molecule is CCc1c(Oc2cccc(C=O)c2)nc(N)nc1-c1ccccc1. The predicted molar refractivity (Wildman–Crippen MR) is 93.2 cm³/mol. The Morgan fingerprint density at radius 1 is 1.08 bits per heavy atom. The fraction of sp³-hybridized carbons (Fsp3) is 0.105. The molecule has 0 amide bonds. The van der Waals surface area contributed by atoms with Crippen molar-refractivity contribution in [3.8, 4) is 22.9 Å². The van der Waals surface area contributed by atoms with Crippen LogP contribution in [-0.4, -0.2) is 16.3 Å². The lowest BCUT2D eigenvalue weighted by atomic mass is 10.1. The molecule has 1 aromatic heterocycles. The molecule has 1 heterocycles. The average Bonchev–Trinajstić information content (AvgIpc) is 2.62. The van der Waals surface area contributed by atoms with Crippen LogP contribution < -0.4 is 10.5 Å². The number of nitrogen functional groups attached to an aromatic ring is 1. The molecule has 5 heteroatoms. The second-order valence-electron chi connectivity index (χ2n) is 5.23. The van der Waals surface area contributed by atoms with Crippen LogP contribution in [0.5, 0.6) is 11.6 Å². The number of rotatable bonds is 5. The molecule has 0 unspecified atom stereocenters. The number of aromatic nitrogens is 2. The van der Waals surface area contributed by atoms with E-state index in [0.717, 1.165) is 23.1 Å².